The van der Waals surface area contributed by atoms with Crippen LogP contribution in [0.25, 0.3) is 0 Å². The molecule has 3 nitrogen and oxygen atoms in total. The predicted molar refractivity (Wildman–Crippen MR) is 95.0 cm³/mol. The summed E-state index contributed by atoms with van der Waals surface area (Å²) < 4.78 is 0. The molecule has 1 saturated heterocycles. The van der Waals surface area contributed by atoms with Crippen molar-refractivity contribution in [2.45, 2.75) is 32.7 Å². The van der Waals surface area contributed by atoms with E-state index in [0.29, 0.717) is 11.2 Å². The van der Waals surface area contributed by atoms with E-state index in [2.05, 4.69) is 35.1 Å². The van der Waals surface area contributed by atoms with Crippen LogP contribution < -0.4 is 5.32 Å². The summed E-state index contributed by atoms with van der Waals surface area (Å²) in [6.07, 6.45) is 4.14. The zero-order chi connectivity index (χ0) is 13.7. The molecule has 0 amide bonds. The van der Waals surface area contributed by atoms with Gasteiger partial charge in [-0.15, -0.1) is 24.8 Å². The Morgan fingerprint density at radius 1 is 1.24 bits per heavy atom. The number of halogens is 3. The van der Waals surface area contributed by atoms with Crippen molar-refractivity contribution < 1.29 is 0 Å². The van der Waals surface area contributed by atoms with Crippen molar-refractivity contribution in [3.05, 3.63) is 29.0 Å². The number of nitrogens with zero attached hydrogens (tertiary/aromatic N) is 2. The zero-order valence-corrected chi connectivity index (χ0v) is 15.1. The summed E-state index contributed by atoms with van der Waals surface area (Å²) in [4.78, 5) is 6.79. The number of hydrogen-bond acceptors (Lipinski definition) is 3. The van der Waals surface area contributed by atoms with E-state index in [4.69, 9.17) is 11.6 Å². The van der Waals surface area contributed by atoms with E-state index < -0.39 is 0 Å². The van der Waals surface area contributed by atoms with Crippen molar-refractivity contribution in [3.63, 3.8) is 0 Å². The topological polar surface area (TPSA) is 28.2 Å². The first-order valence-corrected chi connectivity index (χ1v) is 7.61. The molecule has 0 bridgehead atoms. The lowest BCUT2D eigenvalue weighted by molar-refractivity contribution is 0.159. The number of piperazine rings is 1. The Bertz CT molecular complexity index is 396. The molecule has 0 spiro atoms. The van der Waals surface area contributed by atoms with Gasteiger partial charge >= 0.3 is 0 Å². The SMILES string of the molecule is CC(C)CC[C@@H](c1cccnc1Cl)N1CCNCC1.Cl.Cl. The smallest absolute Gasteiger partial charge is 0.133 e. The summed E-state index contributed by atoms with van der Waals surface area (Å²) in [5, 5.41) is 4.07. The molecule has 0 radical (unpaired) electrons. The first kappa shape index (κ1) is 20.9. The lowest BCUT2D eigenvalue weighted by atomic mass is 9.97. The number of hydrogen-bond donors (Lipinski definition) is 1. The molecule has 0 saturated carbocycles. The highest BCUT2D eigenvalue weighted by Crippen LogP contribution is 2.31. The molecule has 6 heteroatoms. The minimum absolute atomic E-state index is 0. The normalized spacial score (nSPS) is 17.0. The van der Waals surface area contributed by atoms with Crippen LogP contribution in [0.4, 0.5) is 0 Å². The van der Waals surface area contributed by atoms with E-state index in [9.17, 15) is 0 Å². The Balaban J connectivity index is 0.00000200. The molecule has 0 aliphatic carbocycles. The monoisotopic (exact) mass is 353 g/mol. The van der Waals surface area contributed by atoms with Crippen molar-refractivity contribution in [2.24, 2.45) is 5.92 Å². The van der Waals surface area contributed by atoms with Gasteiger partial charge in [0.15, 0.2) is 0 Å². The summed E-state index contributed by atoms with van der Waals surface area (Å²) in [6.45, 7) is 8.87. The van der Waals surface area contributed by atoms with E-state index in [1.54, 1.807) is 6.20 Å². The molecule has 1 fully saturated rings. The Hall–Kier alpha value is -0.0600. The van der Waals surface area contributed by atoms with E-state index in [1.165, 1.54) is 12.0 Å². The van der Waals surface area contributed by atoms with Crippen molar-refractivity contribution in [3.8, 4) is 0 Å². The second kappa shape index (κ2) is 10.6. The molecule has 1 aromatic rings. The fraction of sp³-hybridized carbons (Fsp3) is 0.667. The number of rotatable bonds is 5. The molecule has 1 atom stereocenters. The molecule has 1 aliphatic rings. The van der Waals surface area contributed by atoms with Gasteiger partial charge in [0.25, 0.3) is 0 Å². The molecule has 1 aliphatic heterocycles. The van der Waals surface area contributed by atoms with E-state index in [0.717, 1.165) is 38.5 Å². The number of aromatic nitrogens is 1. The molecule has 0 unspecified atom stereocenters. The van der Waals surface area contributed by atoms with Crippen LogP contribution in [0.3, 0.4) is 0 Å². The number of nitrogens with one attached hydrogen (secondary N) is 1. The summed E-state index contributed by atoms with van der Waals surface area (Å²) in [5.74, 6) is 0.723. The maximum atomic E-state index is 6.30. The third-order valence-corrected chi connectivity index (χ3v) is 4.07. The standard InChI is InChI=1S/C15H24ClN3.2ClH/c1-12(2)5-6-14(19-10-8-17-9-11-19)13-4-3-7-18-15(13)16;;/h3-4,7,12,14,17H,5-6,8-11H2,1-2H3;2*1H/t14-;;/m0../s1. The fourth-order valence-electron chi connectivity index (χ4n) is 2.67. The minimum atomic E-state index is 0. The van der Waals surface area contributed by atoms with Gasteiger partial charge in [-0.1, -0.05) is 31.5 Å². The van der Waals surface area contributed by atoms with Gasteiger partial charge in [0.2, 0.25) is 0 Å². The van der Waals surface area contributed by atoms with Crippen LogP contribution in [-0.2, 0) is 0 Å². The summed E-state index contributed by atoms with van der Waals surface area (Å²) in [6, 6.07) is 4.53. The van der Waals surface area contributed by atoms with Crippen LogP contribution in [0.5, 0.6) is 0 Å². The summed E-state index contributed by atoms with van der Waals surface area (Å²) in [7, 11) is 0. The maximum absolute atomic E-state index is 6.30. The largest absolute Gasteiger partial charge is 0.314 e. The summed E-state index contributed by atoms with van der Waals surface area (Å²) in [5.41, 5.74) is 1.19. The fourth-order valence-corrected chi connectivity index (χ4v) is 2.91. The summed E-state index contributed by atoms with van der Waals surface area (Å²) >= 11 is 6.30. The lowest BCUT2D eigenvalue weighted by Gasteiger charge is -2.35. The van der Waals surface area contributed by atoms with Crippen LogP contribution in [0.15, 0.2) is 18.3 Å². The predicted octanol–water partition coefficient (Wildman–Crippen LogP) is 3.96. The van der Waals surface area contributed by atoms with Gasteiger partial charge in [-0.2, -0.15) is 0 Å². The molecular formula is C15H26Cl3N3. The van der Waals surface area contributed by atoms with E-state index >= 15 is 0 Å². The van der Waals surface area contributed by atoms with Gasteiger partial charge in [0.05, 0.1) is 0 Å². The molecule has 0 aromatic carbocycles. The van der Waals surface area contributed by atoms with Gasteiger partial charge in [-0.25, -0.2) is 4.98 Å². The molecular weight excluding hydrogens is 329 g/mol. The minimum Gasteiger partial charge on any atom is -0.314 e. The molecule has 2 heterocycles. The van der Waals surface area contributed by atoms with Crippen molar-refractivity contribution in [1.29, 1.82) is 0 Å². The second-order valence-corrected chi connectivity index (χ2v) is 6.01. The Labute approximate surface area is 145 Å². The maximum Gasteiger partial charge on any atom is 0.133 e. The highest BCUT2D eigenvalue weighted by Gasteiger charge is 2.24. The Kier molecular flexibility index (Phi) is 10.6. The quantitative estimate of drug-likeness (QED) is 0.811. The second-order valence-electron chi connectivity index (χ2n) is 5.66. The highest BCUT2D eigenvalue weighted by atomic mass is 35.5. The third-order valence-electron chi connectivity index (χ3n) is 3.76. The van der Waals surface area contributed by atoms with Gasteiger partial charge in [-0.05, 0) is 24.8 Å². The average Bonchev–Trinajstić information content (AvgIpc) is 2.42. The molecule has 1 aromatic heterocycles. The van der Waals surface area contributed by atoms with E-state index in [1.807, 2.05) is 6.07 Å². The van der Waals surface area contributed by atoms with E-state index in [-0.39, 0.29) is 24.8 Å². The van der Waals surface area contributed by atoms with Crippen molar-refractivity contribution in [1.82, 2.24) is 15.2 Å². The molecule has 2 rings (SSSR count). The van der Waals surface area contributed by atoms with Crippen molar-refractivity contribution >= 4 is 36.4 Å². The molecule has 122 valence electrons. The Morgan fingerprint density at radius 2 is 1.90 bits per heavy atom. The van der Waals surface area contributed by atoms with Crippen LogP contribution in [-0.4, -0.2) is 36.1 Å². The van der Waals surface area contributed by atoms with Gasteiger partial charge in [-0.3, -0.25) is 4.90 Å². The van der Waals surface area contributed by atoms with Gasteiger partial charge in [0, 0.05) is 44.0 Å². The third kappa shape index (κ3) is 6.29. The van der Waals surface area contributed by atoms with Crippen LogP contribution in [0, 0.1) is 5.92 Å². The van der Waals surface area contributed by atoms with Gasteiger partial charge < -0.3 is 5.32 Å². The zero-order valence-electron chi connectivity index (χ0n) is 12.7. The van der Waals surface area contributed by atoms with Gasteiger partial charge in [0.1, 0.15) is 5.15 Å². The molecule has 1 N–H and O–H groups in total. The average molecular weight is 355 g/mol. The first-order valence-electron chi connectivity index (χ1n) is 7.23. The van der Waals surface area contributed by atoms with Crippen LogP contribution in [0.2, 0.25) is 5.15 Å². The van der Waals surface area contributed by atoms with Crippen molar-refractivity contribution in [2.75, 3.05) is 26.2 Å². The lowest BCUT2D eigenvalue weighted by Crippen LogP contribution is -2.45. The highest BCUT2D eigenvalue weighted by molar-refractivity contribution is 6.30. The first-order chi connectivity index (χ1) is 9.18. The van der Waals surface area contributed by atoms with Crippen LogP contribution in [0.1, 0.15) is 38.3 Å². The molecule has 21 heavy (non-hydrogen) atoms. The number of pyridine rings is 1. The Morgan fingerprint density at radius 3 is 2.48 bits per heavy atom. The van der Waals surface area contributed by atoms with Crippen LogP contribution >= 0.6 is 36.4 Å².